The summed E-state index contributed by atoms with van der Waals surface area (Å²) < 4.78 is 0. The lowest BCUT2D eigenvalue weighted by atomic mass is 9.62. The predicted molar refractivity (Wildman–Crippen MR) is 135 cm³/mol. The van der Waals surface area contributed by atoms with Crippen LogP contribution in [-0.4, -0.2) is 34.5 Å². The van der Waals surface area contributed by atoms with Crippen LogP contribution in [0.3, 0.4) is 0 Å². The zero-order chi connectivity index (χ0) is 26.5. The highest BCUT2D eigenvalue weighted by Crippen LogP contribution is 2.45. The van der Waals surface area contributed by atoms with E-state index in [2.05, 4.69) is 35.1 Å². The molecule has 3 rings (SSSR count). The molecular formula is C24H30N6O6. The third-order valence-electron chi connectivity index (χ3n) is 6.08. The van der Waals surface area contributed by atoms with Gasteiger partial charge in [0.1, 0.15) is 0 Å². The summed E-state index contributed by atoms with van der Waals surface area (Å²) in [7, 11) is 0. The van der Waals surface area contributed by atoms with Crippen LogP contribution < -0.4 is 21.3 Å². The first-order chi connectivity index (χ1) is 16.8. The zero-order valence-electron chi connectivity index (χ0n) is 20.4. The second-order valence-electron chi connectivity index (χ2n) is 10.3. The van der Waals surface area contributed by atoms with Gasteiger partial charge in [-0.15, -0.1) is 0 Å². The number of hydrogen-bond acceptors (Lipinski definition) is 6. The molecule has 1 saturated carbocycles. The van der Waals surface area contributed by atoms with Crippen molar-refractivity contribution < 1.29 is 19.4 Å². The summed E-state index contributed by atoms with van der Waals surface area (Å²) >= 11 is 0. The van der Waals surface area contributed by atoms with Crippen LogP contribution in [0.4, 0.5) is 32.3 Å². The van der Waals surface area contributed by atoms with Crippen LogP contribution in [0.1, 0.15) is 40.0 Å². The normalized spacial score (nSPS) is 20.6. The van der Waals surface area contributed by atoms with Gasteiger partial charge in [0.2, 0.25) is 0 Å². The van der Waals surface area contributed by atoms with Gasteiger partial charge in [0.25, 0.3) is 11.4 Å². The molecule has 0 saturated heterocycles. The quantitative estimate of drug-likeness (QED) is 0.308. The fourth-order valence-corrected chi connectivity index (χ4v) is 5.09. The molecule has 2 aromatic rings. The summed E-state index contributed by atoms with van der Waals surface area (Å²) in [6, 6.07) is 10.3. The van der Waals surface area contributed by atoms with Crippen LogP contribution in [0.25, 0.3) is 0 Å². The zero-order valence-corrected chi connectivity index (χ0v) is 20.4. The number of amides is 4. The van der Waals surface area contributed by atoms with Gasteiger partial charge in [-0.2, -0.15) is 0 Å². The second-order valence-corrected chi connectivity index (χ2v) is 10.3. The van der Waals surface area contributed by atoms with Crippen molar-refractivity contribution in [2.75, 3.05) is 17.2 Å². The Labute approximate surface area is 208 Å². The molecule has 0 spiro atoms. The van der Waals surface area contributed by atoms with Gasteiger partial charge >= 0.3 is 12.1 Å². The van der Waals surface area contributed by atoms with Gasteiger partial charge in [-0.25, -0.2) is 9.59 Å². The lowest BCUT2D eigenvalue weighted by Gasteiger charge is -2.46. The van der Waals surface area contributed by atoms with Crippen LogP contribution in [0.15, 0.2) is 48.5 Å². The largest absolute Gasteiger partial charge is 0.337 e. The third kappa shape index (κ3) is 7.39. The number of nitro benzene ring substituents is 2. The Morgan fingerprint density at radius 3 is 1.94 bits per heavy atom. The van der Waals surface area contributed by atoms with Crippen LogP contribution in [0, 0.1) is 31.1 Å². The maximum absolute atomic E-state index is 12.6. The van der Waals surface area contributed by atoms with Crippen molar-refractivity contribution in [1.82, 2.24) is 10.6 Å². The number of benzene rings is 2. The number of urea groups is 2. The minimum absolute atomic E-state index is 0.116. The van der Waals surface area contributed by atoms with Gasteiger partial charge in [-0.1, -0.05) is 32.9 Å². The van der Waals surface area contributed by atoms with E-state index in [1.54, 1.807) is 12.1 Å². The number of hydrogen-bond donors (Lipinski definition) is 4. The van der Waals surface area contributed by atoms with Crippen molar-refractivity contribution in [3.63, 3.8) is 0 Å². The number of carbonyl (C=O) groups is 2. The fourth-order valence-electron chi connectivity index (χ4n) is 5.09. The van der Waals surface area contributed by atoms with Gasteiger partial charge < -0.3 is 21.3 Å². The molecule has 0 bridgehead atoms. The Morgan fingerprint density at radius 2 is 1.42 bits per heavy atom. The average Bonchev–Trinajstić information content (AvgIpc) is 2.76. The number of anilines is 2. The number of nitrogens with zero attached hydrogens (tertiary/aromatic N) is 2. The highest BCUT2D eigenvalue weighted by molar-refractivity contribution is 5.90. The smallest absolute Gasteiger partial charge is 0.319 e. The Morgan fingerprint density at radius 1 is 0.889 bits per heavy atom. The molecule has 0 radical (unpaired) electrons. The minimum Gasteiger partial charge on any atom is -0.337 e. The Kier molecular flexibility index (Phi) is 7.76. The molecule has 0 aliphatic heterocycles. The number of non-ortho nitro benzene ring substituents is 2. The molecule has 36 heavy (non-hydrogen) atoms. The maximum Gasteiger partial charge on any atom is 0.319 e. The van der Waals surface area contributed by atoms with Gasteiger partial charge in [0.15, 0.2) is 0 Å². The summed E-state index contributed by atoms with van der Waals surface area (Å²) in [4.78, 5) is 45.9. The molecule has 0 aromatic heterocycles. The topological polar surface area (TPSA) is 169 Å². The Balaban J connectivity index is 1.58. The maximum atomic E-state index is 12.6. The molecule has 1 aliphatic carbocycles. The molecule has 192 valence electrons. The molecular weight excluding hydrogens is 468 g/mol. The molecule has 0 heterocycles. The fraction of sp³-hybridized carbons (Fsp3) is 0.417. The van der Waals surface area contributed by atoms with E-state index in [-0.39, 0.29) is 28.2 Å². The SMILES string of the molecule is CC1(C)C[C@H](NC(=O)Nc2cccc([N+](=O)[O-])c2)C[C@@](C)(CNC(=O)Nc2cccc([N+](=O)[O-])c2)C1. The highest BCUT2D eigenvalue weighted by Gasteiger charge is 2.42. The lowest BCUT2D eigenvalue weighted by Crippen LogP contribution is -2.51. The molecule has 12 heteroatoms. The summed E-state index contributed by atoms with van der Waals surface area (Å²) in [5.41, 5.74) is -0.0492. The van der Waals surface area contributed by atoms with Gasteiger partial charge in [0, 0.05) is 48.2 Å². The van der Waals surface area contributed by atoms with Crippen molar-refractivity contribution in [3.05, 3.63) is 68.8 Å². The van der Waals surface area contributed by atoms with E-state index in [9.17, 15) is 29.8 Å². The van der Waals surface area contributed by atoms with E-state index in [4.69, 9.17) is 0 Å². The predicted octanol–water partition coefficient (Wildman–Crippen LogP) is 5.03. The number of rotatable bonds is 7. The first-order valence-corrected chi connectivity index (χ1v) is 11.5. The summed E-state index contributed by atoms with van der Waals surface area (Å²) in [6.07, 6.45) is 2.14. The minimum atomic E-state index is -0.531. The lowest BCUT2D eigenvalue weighted by molar-refractivity contribution is -0.385. The first-order valence-electron chi connectivity index (χ1n) is 11.5. The van der Waals surface area contributed by atoms with Crippen LogP contribution >= 0.6 is 0 Å². The Bertz CT molecular complexity index is 1170. The number of carbonyl (C=O) groups excluding carboxylic acids is 2. The highest BCUT2D eigenvalue weighted by atomic mass is 16.6. The molecule has 4 amide bonds. The average molecular weight is 499 g/mol. The van der Waals surface area contributed by atoms with E-state index < -0.39 is 21.9 Å². The van der Waals surface area contributed by atoms with E-state index in [1.165, 1.54) is 36.4 Å². The molecule has 0 unspecified atom stereocenters. The van der Waals surface area contributed by atoms with Crippen LogP contribution in [0.2, 0.25) is 0 Å². The van der Waals surface area contributed by atoms with Crippen molar-refractivity contribution in [2.24, 2.45) is 10.8 Å². The molecule has 2 aromatic carbocycles. The third-order valence-corrected chi connectivity index (χ3v) is 6.08. The van der Waals surface area contributed by atoms with Gasteiger partial charge in [-0.05, 0) is 42.2 Å². The number of nitrogens with one attached hydrogen (secondary N) is 4. The molecule has 1 fully saturated rings. The Hall–Kier alpha value is -4.22. The van der Waals surface area contributed by atoms with Crippen LogP contribution in [0.5, 0.6) is 0 Å². The first kappa shape index (κ1) is 26.4. The summed E-state index contributed by atoms with van der Waals surface area (Å²) in [6.45, 7) is 6.57. The molecule has 1 aliphatic rings. The van der Waals surface area contributed by atoms with E-state index in [0.717, 1.165) is 12.8 Å². The monoisotopic (exact) mass is 498 g/mol. The van der Waals surface area contributed by atoms with Crippen molar-refractivity contribution in [2.45, 2.75) is 46.1 Å². The van der Waals surface area contributed by atoms with E-state index in [0.29, 0.717) is 24.3 Å². The van der Waals surface area contributed by atoms with E-state index >= 15 is 0 Å². The summed E-state index contributed by atoms with van der Waals surface area (Å²) in [5.74, 6) is 0. The van der Waals surface area contributed by atoms with Gasteiger partial charge in [0.05, 0.1) is 9.85 Å². The second kappa shape index (κ2) is 10.6. The van der Waals surface area contributed by atoms with Crippen molar-refractivity contribution >= 4 is 34.8 Å². The standard InChI is InChI=1S/C24H30N6O6/c1-23(2)12-18(28-22(32)27-17-7-5-9-20(11-17)30(35)36)13-24(3,14-23)15-25-21(31)26-16-6-4-8-19(10-16)29(33)34/h4-11,18H,12-15H2,1-3H3,(H2,25,26,31)(H2,27,28,32)/t18-,24+/m0/s1. The van der Waals surface area contributed by atoms with Gasteiger partial charge in [-0.3, -0.25) is 20.2 Å². The molecule has 12 nitrogen and oxygen atoms in total. The van der Waals surface area contributed by atoms with E-state index in [1.807, 2.05) is 6.92 Å². The van der Waals surface area contributed by atoms with Crippen molar-refractivity contribution in [1.29, 1.82) is 0 Å². The molecule has 4 N–H and O–H groups in total. The summed E-state index contributed by atoms with van der Waals surface area (Å²) in [5, 5.41) is 33.0. The van der Waals surface area contributed by atoms with Crippen LogP contribution in [-0.2, 0) is 0 Å². The number of nitro groups is 2. The van der Waals surface area contributed by atoms with Crippen molar-refractivity contribution in [3.8, 4) is 0 Å². The molecule has 2 atom stereocenters.